The van der Waals surface area contributed by atoms with Gasteiger partial charge in [-0.15, -0.1) is 0 Å². The molecule has 2 rings (SSSR count). The molecule has 0 amide bonds. The molecule has 1 aromatic carbocycles. The van der Waals surface area contributed by atoms with Gasteiger partial charge in [0.1, 0.15) is 11.4 Å². The third-order valence-corrected chi connectivity index (χ3v) is 4.03. The second-order valence-corrected chi connectivity index (χ2v) is 6.79. The summed E-state index contributed by atoms with van der Waals surface area (Å²) in [4.78, 5) is 0. The van der Waals surface area contributed by atoms with Crippen LogP contribution in [0.25, 0.3) is 0 Å². The van der Waals surface area contributed by atoms with Crippen LogP contribution in [0.15, 0.2) is 22.7 Å². The summed E-state index contributed by atoms with van der Waals surface area (Å²) in [5, 5.41) is 3.41. The van der Waals surface area contributed by atoms with Crippen molar-refractivity contribution in [3.63, 3.8) is 0 Å². The van der Waals surface area contributed by atoms with Crippen LogP contribution >= 0.6 is 15.9 Å². The van der Waals surface area contributed by atoms with E-state index < -0.39 is 0 Å². The lowest BCUT2D eigenvalue weighted by Crippen LogP contribution is -2.42. The molecule has 2 unspecified atom stereocenters. The average molecular weight is 312 g/mol. The molecule has 1 N–H and O–H groups in total. The summed E-state index contributed by atoms with van der Waals surface area (Å²) in [6.07, 6.45) is 2.10. The highest BCUT2D eigenvalue weighted by molar-refractivity contribution is 9.10. The van der Waals surface area contributed by atoms with Crippen molar-refractivity contribution in [3.8, 4) is 5.75 Å². The molecular weight excluding hydrogens is 290 g/mol. The Morgan fingerprint density at radius 1 is 1.50 bits per heavy atom. The zero-order chi connectivity index (χ0) is 13.3. The predicted octanol–water partition coefficient (Wildman–Crippen LogP) is 4.30. The second kappa shape index (κ2) is 5.22. The predicted molar refractivity (Wildman–Crippen MR) is 79.0 cm³/mol. The van der Waals surface area contributed by atoms with Crippen LogP contribution in [-0.4, -0.2) is 12.6 Å². The number of fused-ring (bicyclic) bond motifs is 1. The highest BCUT2D eigenvalue weighted by Crippen LogP contribution is 2.42. The van der Waals surface area contributed by atoms with Gasteiger partial charge in [0.05, 0.1) is 0 Å². The first-order chi connectivity index (χ1) is 8.43. The van der Waals surface area contributed by atoms with Gasteiger partial charge >= 0.3 is 0 Å². The second-order valence-electron chi connectivity index (χ2n) is 5.88. The van der Waals surface area contributed by atoms with Gasteiger partial charge in [0.25, 0.3) is 0 Å². The first-order valence-corrected chi connectivity index (χ1v) is 7.38. The van der Waals surface area contributed by atoms with Gasteiger partial charge < -0.3 is 10.1 Å². The van der Waals surface area contributed by atoms with E-state index in [0.717, 1.165) is 23.1 Å². The number of nitrogens with one attached hydrogen (secondary N) is 1. The largest absolute Gasteiger partial charge is 0.487 e. The Morgan fingerprint density at radius 3 is 2.83 bits per heavy atom. The first-order valence-electron chi connectivity index (χ1n) is 6.59. The van der Waals surface area contributed by atoms with Crippen LogP contribution in [0.4, 0.5) is 0 Å². The van der Waals surface area contributed by atoms with Gasteiger partial charge in [0.2, 0.25) is 0 Å². The topological polar surface area (TPSA) is 21.3 Å². The van der Waals surface area contributed by atoms with Gasteiger partial charge in [0, 0.05) is 22.5 Å². The molecule has 2 atom stereocenters. The molecule has 0 aromatic heterocycles. The van der Waals surface area contributed by atoms with Crippen molar-refractivity contribution < 1.29 is 4.74 Å². The Morgan fingerprint density at radius 2 is 2.22 bits per heavy atom. The molecule has 0 bridgehead atoms. The smallest absolute Gasteiger partial charge is 0.126 e. The quantitative estimate of drug-likeness (QED) is 0.898. The fourth-order valence-electron chi connectivity index (χ4n) is 2.98. The lowest BCUT2D eigenvalue weighted by Gasteiger charge is -2.41. The zero-order valence-corrected chi connectivity index (χ0v) is 13.2. The van der Waals surface area contributed by atoms with Crippen LogP contribution in [-0.2, 0) is 0 Å². The summed E-state index contributed by atoms with van der Waals surface area (Å²) in [7, 11) is 2.03. The van der Waals surface area contributed by atoms with E-state index >= 15 is 0 Å². The molecule has 1 aromatic rings. The Kier molecular flexibility index (Phi) is 4.02. The third-order valence-electron chi connectivity index (χ3n) is 3.53. The van der Waals surface area contributed by atoms with Crippen molar-refractivity contribution in [3.05, 3.63) is 28.2 Å². The van der Waals surface area contributed by atoms with E-state index in [9.17, 15) is 0 Å². The molecule has 1 heterocycles. The van der Waals surface area contributed by atoms with Gasteiger partial charge in [0.15, 0.2) is 0 Å². The van der Waals surface area contributed by atoms with E-state index in [0.29, 0.717) is 12.0 Å². The van der Waals surface area contributed by atoms with Gasteiger partial charge in [-0.3, -0.25) is 0 Å². The Bertz CT molecular complexity index is 433. The highest BCUT2D eigenvalue weighted by Gasteiger charge is 2.37. The molecule has 0 saturated carbocycles. The maximum atomic E-state index is 6.27. The minimum Gasteiger partial charge on any atom is -0.487 e. The minimum atomic E-state index is -0.0738. The standard InChI is InChI=1S/C15H22BrNO/c1-10(2)8-15(3)9-13(17-4)12-6-5-11(16)7-14(12)18-15/h5-7,10,13,17H,8-9H2,1-4H3. The summed E-state index contributed by atoms with van der Waals surface area (Å²) in [5.41, 5.74) is 1.19. The summed E-state index contributed by atoms with van der Waals surface area (Å²) >= 11 is 3.52. The summed E-state index contributed by atoms with van der Waals surface area (Å²) < 4.78 is 7.35. The Hall–Kier alpha value is -0.540. The Labute approximate surface area is 118 Å². The van der Waals surface area contributed by atoms with Crippen molar-refractivity contribution >= 4 is 15.9 Å². The number of benzene rings is 1. The first kappa shape index (κ1) is 13.9. The van der Waals surface area contributed by atoms with Crippen LogP contribution in [0, 0.1) is 5.92 Å². The van der Waals surface area contributed by atoms with Gasteiger partial charge in [-0.05, 0) is 38.4 Å². The highest BCUT2D eigenvalue weighted by atomic mass is 79.9. The summed E-state index contributed by atoms with van der Waals surface area (Å²) in [5.74, 6) is 1.65. The van der Waals surface area contributed by atoms with Crippen LogP contribution in [0.1, 0.15) is 45.2 Å². The normalized spacial score (nSPS) is 26.9. The molecule has 2 nitrogen and oxygen atoms in total. The van der Waals surface area contributed by atoms with Crippen LogP contribution in [0.2, 0.25) is 0 Å². The molecule has 1 aliphatic heterocycles. The number of hydrogen-bond donors (Lipinski definition) is 1. The van der Waals surface area contributed by atoms with Crippen LogP contribution in [0.5, 0.6) is 5.75 Å². The van der Waals surface area contributed by atoms with Crippen molar-refractivity contribution in [2.75, 3.05) is 7.05 Å². The molecule has 0 fully saturated rings. The number of rotatable bonds is 3. The van der Waals surface area contributed by atoms with Crippen molar-refractivity contribution in [2.45, 2.75) is 45.3 Å². The van der Waals surface area contributed by atoms with E-state index in [1.54, 1.807) is 0 Å². The number of hydrogen-bond acceptors (Lipinski definition) is 2. The van der Waals surface area contributed by atoms with Gasteiger partial charge in [-0.1, -0.05) is 35.8 Å². The van der Waals surface area contributed by atoms with Crippen molar-refractivity contribution in [1.82, 2.24) is 5.32 Å². The minimum absolute atomic E-state index is 0.0738. The molecule has 0 spiro atoms. The summed E-state index contributed by atoms with van der Waals surface area (Å²) in [6.45, 7) is 6.72. The SMILES string of the molecule is CNC1CC(C)(CC(C)C)Oc2cc(Br)ccc21. The lowest BCUT2D eigenvalue weighted by molar-refractivity contribution is 0.0296. The molecule has 3 heteroatoms. The van der Waals surface area contributed by atoms with E-state index in [4.69, 9.17) is 4.74 Å². The molecule has 0 saturated heterocycles. The number of halogens is 1. The molecule has 18 heavy (non-hydrogen) atoms. The number of ether oxygens (including phenoxy) is 1. The van der Waals surface area contributed by atoms with E-state index in [-0.39, 0.29) is 5.60 Å². The average Bonchev–Trinajstić information content (AvgIpc) is 2.25. The fraction of sp³-hybridized carbons (Fsp3) is 0.600. The monoisotopic (exact) mass is 311 g/mol. The fourth-order valence-corrected chi connectivity index (χ4v) is 3.32. The van der Waals surface area contributed by atoms with Gasteiger partial charge in [-0.2, -0.15) is 0 Å². The maximum Gasteiger partial charge on any atom is 0.126 e. The zero-order valence-electron chi connectivity index (χ0n) is 11.6. The van der Waals surface area contributed by atoms with Crippen LogP contribution < -0.4 is 10.1 Å². The molecule has 0 aliphatic carbocycles. The van der Waals surface area contributed by atoms with E-state index in [2.05, 4.69) is 60.2 Å². The van der Waals surface area contributed by atoms with E-state index in [1.165, 1.54) is 5.56 Å². The molecule has 100 valence electrons. The Balaban J connectivity index is 2.34. The third kappa shape index (κ3) is 2.89. The molecular formula is C15H22BrNO. The molecule has 0 radical (unpaired) electrons. The summed E-state index contributed by atoms with van der Waals surface area (Å²) in [6, 6.07) is 6.69. The van der Waals surface area contributed by atoms with Crippen LogP contribution in [0.3, 0.4) is 0 Å². The lowest BCUT2D eigenvalue weighted by atomic mass is 9.83. The van der Waals surface area contributed by atoms with E-state index in [1.807, 2.05) is 7.05 Å². The van der Waals surface area contributed by atoms with Gasteiger partial charge in [-0.25, -0.2) is 0 Å². The van der Waals surface area contributed by atoms with Crippen molar-refractivity contribution in [2.24, 2.45) is 5.92 Å². The maximum absolute atomic E-state index is 6.27. The molecule has 1 aliphatic rings. The van der Waals surface area contributed by atoms with Crippen molar-refractivity contribution in [1.29, 1.82) is 0 Å².